The average molecular weight is 184 g/mol. The van der Waals surface area contributed by atoms with Gasteiger partial charge in [-0.15, -0.1) is 6.58 Å². The van der Waals surface area contributed by atoms with E-state index in [-0.39, 0.29) is 18.0 Å². The molecule has 4 heteroatoms. The van der Waals surface area contributed by atoms with Crippen LogP contribution in [0.3, 0.4) is 0 Å². The van der Waals surface area contributed by atoms with Gasteiger partial charge >= 0.3 is 0 Å². The molecule has 1 fully saturated rings. The normalized spacial score (nSPS) is 29.7. The lowest BCUT2D eigenvalue weighted by atomic mass is 10.2. The third kappa shape index (κ3) is 2.82. The van der Waals surface area contributed by atoms with E-state index in [0.29, 0.717) is 13.0 Å². The summed E-state index contributed by atoms with van der Waals surface area (Å²) in [6, 6.07) is -0.274. The van der Waals surface area contributed by atoms with Crippen LogP contribution in [-0.4, -0.2) is 35.7 Å². The van der Waals surface area contributed by atoms with Crippen molar-refractivity contribution in [1.82, 2.24) is 10.6 Å². The Balaban J connectivity index is 2.35. The predicted octanol–water partition coefficient (Wildman–Crippen LogP) is -0.600. The van der Waals surface area contributed by atoms with Crippen LogP contribution < -0.4 is 10.6 Å². The van der Waals surface area contributed by atoms with Gasteiger partial charge in [0.2, 0.25) is 5.91 Å². The smallest absolute Gasteiger partial charge is 0.237 e. The van der Waals surface area contributed by atoms with Crippen molar-refractivity contribution in [1.29, 1.82) is 0 Å². The molecule has 13 heavy (non-hydrogen) atoms. The number of carbonyl (C=O) groups is 1. The second-order valence-electron chi connectivity index (χ2n) is 3.38. The highest BCUT2D eigenvalue weighted by atomic mass is 16.3. The van der Waals surface area contributed by atoms with Gasteiger partial charge in [0.25, 0.3) is 0 Å². The number of hydrogen-bond acceptors (Lipinski definition) is 3. The van der Waals surface area contributed by atoms with Crippen LogP contribution in [0.25, 0.3) is 0 Å². The molecule has 4 nitrogen and oxygen atoms in total. The number of carbonyl (C=O) groups excluding carboxylic acids is 1. The lowest BCUT2D eigenvalue weighted by Crippen LogP contribution is -2.43. The van der Waals surface area contributed by atoms with Crippen molar-refractivity contribution >= 4 is 5.91 Å². The van der Waals surface area contributed by atoms with Crippen LogP contribution in [0.4, 0.5) is 0 Å². The molecule has 3 N–H and O–H groups in total. The van der Waals surface area contributed by atoms with E-state index in [2.05, 4.69) is 17.2 Å². The molecule has 0 spiro atoms. The van der Waals surface area contributed by atoms with E-state index in [4.69, 9.17) is 0 Å². The number of β-amino-alcohol motifs (C(OH)–C–C–N with tert-alkyl or cyclic N) is 1. The van der Waals surface area contributed by atoms with Crippen molar-refractivity contribution in [2.75, 3.05) is 6.54 Å². The van der Waals surface area contributed by atoms with Crippen LogP contribution in [0, 0.1) is 0 Å². The van der Waals surface area contributed by atoms with Gasteiger partial charge < -0.3 is 15.7 Å². The monoisotopic (exact) mass is 184 g/mol. The zero-order valence-electron chi connectivity index (χ0n) is 7.79. The van der Waals surface area contributed by atoms with Gasteiger partial charge in [0.15, 0.2) is 0 Å². The lowest BCUT2D eigenvalue weighted by molar-refractivity contribution is -0.123. The van der Waals surface area contributed by atoms with Gasteiger partial charge in [-0.2, -0.15) is 0 Å². The molecule has 0 bridgehead atoms. The van der Waals surface area contributed by atoms with E-state index in [1.807, 2.05) is 6.92 Å². The summed E-state index contributed by atoms with van der Waals surface area (Å²) in [6.07, 6.45) is 1.77. The fraction of sp³-hybridized carbons (Fsp3) is 0.667. The summed E-state index contributed by atoms with van der Waals surface area (Å²) in [5.41, 5.74) is 0. The van der Waals surface area contributed by atoms with Crippen LogP contribution in [0.1, 0.15) is 13.3 Å². The summed E-state index contributed by atoms with van der Waals surface area (Å²) in [5.74, 6) is -0.0658. The summed E-state index contributed by atoms with van der Waals surface area (Å²) in [4.78, 5) is 11.4. The van der Waals surface area contributed by atoms with Gasteiger partial charge in [-0.25, -0.2) is 0 Å². The van der Waals surface area contributed by atoms with Gasteiger partial charge in [-0.3, -0.25) is 4.79 Å². The molecule has 1 aliphatic heterocycles. The van der Waals surface area contributed by atoms with Crippen molar-refractivity contribution in [3.8, 4) is 0 Å². The van der Waals surface area contributed by atoms with E-state index in [1.165, 1.54) is 0 Å². The fourth-order valence-corrected chi connectivity index (χ4v) is 1.30. The molecule has 0 aromatic carbocycles. The van der Waals surface area contributed by atoms with Crippen LogP contribution in [0.15, 0.2) is 12.7 Å². The lowest BCUT2D eigenvalue weighted by Gasteiger charge is -2.13. The third-order valence-corrected chi connectivity index (χ3v) is 2.15. The van der Waals surface area contributed by atoms with Crippen LogP contribution in [0.5, 0.6) is 0 Å². The largest absolute Gasteiger partial charge is 0.392 e. The number of aliphatic hydroxyl groups excluding tert-OH is 1. The van der Waals surface area contributed by atoms with Gasteiger partial charge in [0.05, 0.1) is 12.1 Å². The van der Waals surface area contributed by atoms with Gasteiger partial charge in [-0.1, -0.05) is 6.08 Å². The van der Waals surface area contributed by atoms with E-state index < -0.39 is 6.10 Å². The number of amides is 1. The molecule has 3 atom stereocenters. The molecule has 0 aliphatic carbocycles. The second kappa shape index (κ2) is 4.39. The summed E-state index contributed by atoms with van der Waals surface area (Å²) in [5, 5.41) is 14.9. The zero-order valence-corrected chi connectivity index (χ0v) is 7.79. The Morgan fingerprint density at radius 2 is 2.54 bits per heavy atom. The Morgan fingerprint density at radius 3 is 3.00 bits per heavy atom. The number of nitrogens with one attached hydrogen (secondary N) is 2. The van der Waals surface area contributed by atoms with Crippen LogP contribution in [-0.2, 0) is 4.79 Å². The Labute approximate surface area is 78.0 Å². The Morgan fingerprint density at radius 1 is 1.85 bits per heavy atom. The molecule has 1 heterocycles. The highest BCUT2D eigenvalue weighted by Crippen LogP contribution is 2.06. The summed E-state index contributed by atoms with van der Waals surface area (Å²) < 4.78 is 0. The first-order chi connectivity index (χ1) is 6.13. The molecular formula is C9H16N2O2. The highest BCUT2D eigenvalue weighted by molar-refractivity contribution is 5.82. The summed E-state index contributed by atoms with van der Waals surface area (Å²) >= 11 is 0. The molecule has 74 valence electrons. The molecule has 0 radical (unpaired) electrons. The zero-order chi connectivity index (χ0) is 9.84. The Hall–Kier alpha value is -0.870. The maximum absolute atomic E-state index is 11.4. The Kier molecular flexibility index (Phi) is 3.45. The molecule has 1 rings (SSSR count). The highest BCUT2D eigenvalue weighted by Gasteiger charge is 2.28. The minimum atomic E-state index is -0.394. The van der Waals surface area contributed by atoms with Gasteiger partial charge in [0, 0.05) is 12.6 Å². The van der Waals surface area contributed by atoms with Crippen molar-refractivity contribution in [2.24, 2.45) is 0 Å². The molecule has 1 saturated heterocycles. The van der Waals surface area contributed by atoms with Crippen molar-refractivity contribution < 1.29 is 9.90 Å². The van der Waals surface area contributed by atoms with E-state index >= 15 is 0 Å². The molecule has 0 aromatic rings. The first-order valence-corrected chi connectivity index (χ1v) is 4.48. The first-order valence-electron chi connectivity index (χ1n) is 4.48. The van der Waals surface area contributed by atoms with Crippen LogP contribution >= 0.6 is 0 Å². The maximum Gasteiger partial charge on any atom is 0.237 e. The van der Waals surface area contributed by atoms with E-state index in [0.717, 1.165) is 0 Å². The standard InChI is InChI=1S/C9H16N2O2/c1-3-6(2)11-9(13)8-4-7(12)5-10-8/h3,6-8,10,12H,1,4-5H2,2H3,(H,11,13). The van der Waals surface area contributed by atoms with Crippen LogP contribution in [0.2, 0.25) is 0 Å². The predicted molar refractivity (Wildman–Crippen MR) is 50.2 cm³/mol. The Bertz CT molecular complexity index is 206. The SMILES string of the molecule is C=CC(C)NC(=O)C1CC(O)CN1. The molecule has 1 aliphatic rings. The number of aliphatic hydroxyl groups is 1. The first kappa shape index (κ1) is 10.2. The minimum Gasteiger partial charge on any atom is -0.392 e. The fourth-order valence-electron chi connectivity index (χ4n) is 1.30. The van der Waals surface area contributed by atoms with Gasteiger partial charge in [0.1, 0.15) is 0 Å². The summed E-state index contributed by atoms with van der Waals surface area (Å²) in [7, 11) is 0. The number of rotatable bonds is 3. The van der Waals surface area contributed by atoms with Crippen molar-refractivity contribution in [3.63, 3.8) is 0 Å². The molecular weight excluding hydrogens is 168 g/mol. The van der Waals surface area contributed by atoms with Crippen molar-refractivity contribution in [2.45, 2.75) is 31.5 Å². The third-order valence-electron chi connectivity index (χ3n) is 2.15. The maximum atomic E-state index is 11.4. The second-order valence-corrected chi connectivity index (χ2v) is 3.38. The average Bonchev–Trinajstić information content (AvgIpc) is 2.51. The molecule has 0 aromatic heterocycles. The minimum absolute atomic E-state index is 0.0213. The van der Waals surface area contributed by atoms with E-state index in [1.54, 1.807) is 6.08 Å². The number of hydrogen-bond donors (Lipinski definition) is 3. The van der Waals surface area contributed by atoms with Crippen molar-refractivity contribution in [3.05, 3.63) is 12.7 Å². The quantitative estimate of drug-likeness (QED) is 0.513. The molecule has 3 unspecified atom stereocenters. The van der Waals surface area contributed by atoms with Gasteiger partial charge in [-0.05, 0) is 13.3 Å². The van der Waals surface area contributed by atoms with E-state index in [9.17, 15) is 9.90 Å². The molecule has 1 amide bonds. The summed E-state index contributed by atoms with van der Waals surface area (Å²) in [6.45, 7) is 5.93. The topological polar surface area (TPSA) is 61.4 Å². The molecule has 0 saturated carbocycles.